The number of carboxylic acids is 1. The zero-order chi connectivity index (χ0) is 10.0. The molecule has 0 aromatic rings. The van der Waals surface area contributed by atoms with E-state index in [0.29, 0.717) is 12.8 Å². The van der Waals surface area contributed by atoms with Gasteiger partial charge in [0, 0.05) is 5.94 Å². The van der Waals surface area contributed by atoms with Gasteiger partial charge >= 0.3 is 13.1 Å². The van der Waals surface area contributed by atoms with E-state index < -0.39 is 25.1 Å². The summed E-state index contributed by atoms with van der Waals surface area (Å²) < 4.78 is 4.97. The second-order valence-corrected chi connectivity index (χ2v) is 3.09. The fourth-order valence-corrected chi connectivity index (χ4v) is 1.22. The Balaban J connectivity index is 2.55. The van der Waals surface area contributed by atoms with Crippen LogP contribution in [0.3, 0.4) is 0 Å². The molecule has 1 rings (SSSR count). The summed E-state index contributed by atoms with van der Waals surface area (Å²) in [6.45, 7) is 3.36. The third-order valence-electron chi connectivity index (χ3n) is 2.10. The van der Waals surface area contributed by atoms with Crippen molar-refractivity contribution in [3.05, 3.63) is 12.2 Å². The lowest BCUT2D eigenvalue weighted by molar-refractivity contribution is -0.133. The first-order chi connectivity index (χ1) is 6.02. The Morgan fingerprint density at radius 2 is 2.23 bits per heavy atom. The predicted octanol–water partition coefficient (Wildman–Crippen LogP) is -0.847. The van der Waals surface area contributed by atoms with Gasteiger partial charge in [0.15, 0.2) is 0 Å². The Hall–Kier alpha value is -0.845. The van der Waals surface area contributed by atoms with Crippen LogP contribution in [0.2, 0.25) is 0 Å². The van der Waals surface area contributed by atoms with E-state index in [1.807, 2.05) is 0 Å². The van der Waals surface area contributed by atoms with Gasteiger partial charge in [-0.2, -0.15) is 0 Å². The van der Waals surface area contributed by atoms with Crippen LogP contribution >= 0.6 is 0 Å². The normalized spacial score (nSPS) is 28.6. The van der Waals surface area contributed by atoms with Gasteiger partial charge in [-0.1, -0.05) is 6.58 Å². The molecule has 0 aromatic carbocycles. The summed E-state index contributed by atoms with van der Waals surface area (Å²) in [5.41, 5.74) is 5.43. The van der Waals surface area contributed by atoms with Crippen LogP contribution in [0.5, 0.6) is 0 Å². The molecule has 0 aromatic heterocycles. The Labute approximate surface area is 76.3 Å². The van der Waals surface area contributed by atoms with Crippen molar-refractivity contribution in [1.29, 1.82) is 0 Å². The van der Waals surface area contributed by atoms with Crippen molar-refractivity contribution in [3.8, 4) is 0 Å². The molecule has 1 fully saturated rings. The Morgan fingerprint density at radius 3 is 2.69 bits per heavy atom. The number of rotatable bonds is 2. The van der Waals surface area contributed by atoms with Crippen molar-refractivity contribution in [3.63, 3.8) is 0 Å². The third kappa shape index (κ3) is 2.30. The second kappa shape index (κ2) is 3.91. The van der Waals surface area contributed by atoms with Crippen molar-refractivity contribution in [1.82, 2.24) is 0 Å². The number of aliphatic carboxylic acids is 1. The molecule has 0 saturated carbocycles. The number of hydrogen-bond donors (Lipinski definition) is 3. The first-order valence-corrected chi connectivity index (χ1v) is 4.03. The Bertz CT molecular complexity index is 233. The van der Waals surface area contributed by atoms with E-state index in [-0.39, 0.29) is 5.57 Å². The van der Waals surface area contributed by atoms with Crippen LogP contribution in [0.15, 0.2) is 12.2 Å². The summed E-state index contributed by atoms with van der Waals surface area (Å²) in [6, 6.07) is 0. The average Bonchev–Trinajstić information content (AvgIpc) is 2.08. The Kier molecular flexibility index (Phi) is 3.08. The molecule has 0 amide bonds. The molecule has 0 aliphatic carbocycles. The molecule has 5 nitrogen and oxygen atoms in total. The molecule has 1 aliphatic rings. The maximum atomic E-state index is 10.5. The molecule has 1 heterocycles. The lowest BCUT2D eigenvalue weighted by Crippen LogP contribution is -2.49. The van der Waals surface area contributed by atoms with Crippen molar-refractivity contribution < 1.29 is 19.6 Å². The second-order valence-electron chi connectivity index (χ2n) is 3.09. The van der Waals surface area contributed by atoms with E-state index in [4.69, 9.17) is 15.5 Å². The van der Waals surface area contributed by atoms with Crippen molar-refractivity contribution in [2.45, 2.75) is 24.9 Å². The fourth-order valence-electron chi connectivity index (χ4n) is 1.22. The highest BCUT2D eigenvalue weighted by Crippen LogP contribution is 2.19. The van der Waals surface area contributed by atoms with Gasteiger partial charge in [-0.25, -0.2) is 4.79 Å². The zero-order valence-corrected chi connectivity index (χ0v) is 7.14. The van der Waals surface area contributed by atoms with Gasteiger partial charge in [0.05, 0.1) is 11.7 Å². The summed E-state index contributed by atoms with van der Waals surface area (Å²) >= 11 is 0. The van der Waals surface area contributed by atoms with Gasteiger partial charge in [0.25, 0.3) is 0 Å². The molecule has 4 N–H and O–H groups in total. The van der Waals surface area contributed by atoms with Crippen LogP contribution in [0.4, 0.5) is 0 Å². The molecule has 72 valence electrons. The largest absolute Gasteiger partial charge is 0.478 e. The maximum absolute atomic E-state index is 10.5. The highest BCUT2D eigenvalue weighted by Gasteiger charge is 2.34. The minimum Gasteiger partial charge on any atom is -0.478 e. The monoisotopic (exact) mass is 185 g/mol. The number of carbonyl (C=O) groups is 1. The number of nitrogens with two attached hydrogens (primary N) is 1. The highest BCUT2D eigenvalue weighted by atomic mass is 16.5. The van der Waals surface area contributed by atoms with E-state index >= 15 is 0 Å². The third-order valence-corrected chi connectivity index (χ3v) is 2.10. The topological polar surface area (TPSA) is 92.8 Å². The summed E-state index contributed by atoms with van der Waals surface area (Å²) in [7, 11) is -1.09. The van der Waals surface area contributed by atoms with Crippen LogP contribution in [0.25, 0.3) is 0 Å². The van der Waals surface area contributed by atoms with Crippen LogP contribution in [0.1, 0.15) is 12.8 Å². The molecule has 0 radical (unpaired) electrons. The Morgan fingerprint density at radius 1 is 1.62 bits per heavy atom. The van der Waals surface area contributed by atoms with E-state index in [1.165, 1.54) is 0 Å². The van der Waals surface area contributed by atoms with Gasteiger partial charge in [0.2, 0.25) is 0 Å². The minimum atomic E-state index is -1.10. The molecule has 0 spiro atoms. The van der Waals surface area contributed by atoms with Crippen LogP contribution in [-0.2, 0) is 9.45 Å². The summed E-state index contributed by atoms with van der Waals surface area (Å²) in [5.74, 6) is -1.54. The molecule has 13 heavy (non-hydrogen) atoms. The number of hydrogen-bond acceptors (Lipinski definition) is 4. The molecule has 1 saturated heterocycles. The van der Waals surface area contributed by atoms with Crippen LogP contribution in [-0.4, -0.2) is 35.3 Å². The summed E-state index contributed by atoms with van der Waals surface area (Å²) in [5, 5.41) is 17.8. The minimum absolute atomic E-state index is 0.0362. The SMILES string of the molecule is C=C(C(=O)O)[C@H]1CC[C@H](N)B(O)O1. The van der Waals surface area contributed by atoms with Crippen LogP contribution < -0.4 is 5.73 Å². The van der Waals surface area contributed by atoms with E-state index in [1.54, 1.807) is 0 Å². The van der Waals surface area contributed by atoms with Gasteiger partial charge < -0.3 is 20.5 Å². The molecule has 2 atom stereocenters. The first-order valence-electron chi connectivity index (χ1n) is 4.03. The maximum Gasteiger partial charge on any atom is 0.472 e. The lowest BCUT2D eigenvalue weighted by atomic mass is 9.72. The van der Waals surface area contributed by atoms with Crippen LogP contribution in [0, 0.1) is 0 Å². The molecular formula is C7H12BNO4. The smallest absolute Gasteiger partial charge is 0.472 e. The van der Waals surface area contributed by atoms with Gasteiger partial charge in [0.1, 0.15) is 0 Å². The van der Waals surface area contributed by atoms with Gasteiger partial charge in [-0.3, -0.25) is 0 Å². The van der Waals surface area contributed by atoms with E-state index in [0.717, 1.165) is 0 Å². The average molecular weight is 185 g/mol. The van der Waals surface area contributed by atoms with E-state index in [2.05, 4.69) is 6.58 Å². The standard InChI is InChI=1S/C7H12BNO4/c1-4(7(10)11)5-2-3-6(9)8(12)13-5/h5-6,12H,1-3,9H2,(H,10,11)/t5-,6+/m1/s1. The molecule has 0 bridgehead atoms. The zero-order valence-electron chi connectivity index (χ0n) is 7.14. The van der Waals surface area contributed by atoms with E-state index in [9.17, 15) is 9.82 Å². The molecular weight excluding hydrogens is 173 g/mol. The van der Waals surface area contributed by atoms with Gasteiger partial charge in [-0.15, -0.1) is 0 Å². The fraction of sp³-hybridized carbons (Fsp3) is 0.571. The molecule has 1 aliphatic heterocycles. The van der Waals surface area contributed by atoms with Crippen molar-refractivity contribution >= 4 is 13.1 Å². The predicted molar refractivity (Wildman–Crippen MR) is 46.8 cm³/mol. The lowest BCUT2D eigenvalue weighted by Gasteiger charge is -2.28. The molecule has 0 unspecified atom stereocenters. The van der Waals surface area contributed by atoms with Crippen molar-refractivity contribution in [2.75, 3.05) is 0 Å². The molecule has 6 heteroatoms. The van der Waals surface area contributed by atoms with Crippen molar-refractivity contribution in [2.24, 2.45) is 5.73 Å². The quantitative estimate of drug-likeness (QED) is 0.385. The van der Waals surface area contributed by atoms with Gasteiger partial charge in [-0.05, 0) is 12.8 Å². The summed E-state index contributed by atoms with van der Waals surface area (Å²) in [6.07, 6.45) is 0.411. The highest BCUT2D eigenvalue weighted by molar-refractivity contribution is 6.45. The summed E-state index contributed by atoms with van der Waals surface area (Å²) in [4.78, 5) is 10.5. The number of carboxylic acid groups (broad SMARTS) is 1. The first kappa shape index (κ1) is 10.2.